The van der Waals surface area contributed by atoms with Crippen LogP contribution in [0.25, 0.3) is 0 Å². The zero-order valence-corrected chi connectivity index (χ0v) is 16.6. The second-order valence-electron chi connectivity index (χ2n) is 9.02. The molecule has 6 nitrogen and oxygen atoms in total. The van der Waals surface area contributed by atoms with Gasteiger partial charge < -0.3 is 5.32 Å². The number of amides is 2. The van der Waals surface area contributed by atoms with E-state index >= 15 is 0 Å². The summed E-state index contributed by atoms with van der Waals surface area (Å²) in [5.41, 5.74) is 0.199. The van der Waals surface area contributed by atoms with Crippen molar-refractivity contribution in [3.8, 4) is 0 Å². The van der Waals surface area contributed by atoms with Crippen molar-refractivity contribution in [3.63, 3.8) is 0 Å². The average Bonchev–Trinajstić information content (AvgIpc) is 3.00. The number of carbonyl (C=O) groups is 2. The zero-order valence-electron chi connectivity index (χ0n) is 15.7. The molecule has 0 spiro atoms. The lowest BCUT2D eigenvalue weighted by molar-refractivity contribution is -0.126. The van der Waals surface area contributed by atoms with E-state index in [4.69, 9.17) is 0 Å². The Morgan fingerprint density at radius 3 is 2.15 bits per heavy atom. The number of nitrogens with one attached hydrogen (secondary N) is 2. The molecule has 4 aliphatic carbocycles. The lowest BCUT2D eigenvalue weighted by atomic mass is 9.50. The van der Waals surface area contributed by atoms with E-state index < -0.39 is 6.04 Å². The van der Waals surface area contributed by atoms with Gasteiger partial charge in [-0.2, -0.15) is 0 Å². The first-order chi connectivity index (χ1) is 12.3. The minimum Gasteiger partial charge on any atom is -0.344 e. The van der Waals surface area contributed by atoms with E-state index in [9.17, 15) is 9.59 Å². The first-order valence-electron chi connectivity index (χ1n) is 9.76. The van der Waals surface area contributed by atoms with Gasteiger partial charge in [-0.15, -0.1) is 10.2 Å². The van der Waals surface area contributed by atoms with Gasteiger partial charge in [-0.25, -0.2) is 0 Å². The van der Waals surface area contributed by atoms with E-state index in [0.29, 0.717) is 5.13 Å². The van der Waals surface area contributed by atoms with Gasteiger partial charge in [0, 0.05) is 12.3 Å². The molecule has 0 aliphatic heterocycles. The molecule has 4 bridgehead atoms. The van der Waals surface area contributed by atoms with Crippen LogP contribution in [0.15, 0.2) is 0 Å². The van der Waals surface area contributed by atoms with E-state index in [1.807, 2.05) is 13.8 Å². The van der Waals surface area contributed by atoms with Crippen LogP contribution in [0.3, 0.4) is 0 Å². The highest BCUT2D eigenvalue weighted by molar-refractivity contribution is 7.15. The van der Waals surface area contributed by atoms with Crippen molar-refractivity contribution in [2.75, 3.05) is 5.32 Å². The molecule has 4 fully saturated rings. The number of nitrogens with zero attached hydrogens (tertiary/aromatic N) is 2. The van der Waals surface area contributed by atoms with Crippen LogP contribution < -0.4 is 10.6 Å². The molecule has 2 amide bonds. The normalized spacial score (nSPS) is 33.3. The smallest absolute Gasteiger partial charge is 0.249 e. The molecule has 142 valence electrons. The molecule has 4 saturated carbocycles. The Labute approximate surface area is 158 Å². The molecule has 1 atom stereocenters. The van der Waals surface area contributed by atoms with Gasteiger partial charge in [0.2, 0.25) is 16.9 Å². The average molecular weight is 377 g/mol. The third kappa shape index (κ3) is 3.26. The molecule has 1 unspecified atom stereocenters. The molecule has 0 aromatic carbocycles. The summed E-state index contributed by atoms with van der Waals surface area (Å²) in [6.45, 7) is 5.26. The van der Waals surface area contributed by atoms with Crippen LogP contribution in [0.2, 0.25) is 0 Å². The highest BCUT2D eigenvalue weighted by Gasteiger charge is 2.53. The Morgan fingerprint density at radius 2 is 1.65 bits per heavy atom. The lowest BCUT2D eigenvalue weighted by Gasteiger charge is -2.55. The van der Waals surface area contributed by atoms with Gasteiger partial charge in [-0.3, -0.25) is 14.9 Å². The number of anilines is 1. The van der Waals surface area contributed by atoms with Crippen LogP contribution in [-0.4, -0.2) is 28.1 Å². The number of aromatic nitrogens is 2. The quantitative estimate of drug-likeness (QED) is 0.827. The maximum atomic E-state index is 12.6. The highest BCUT2D eigenvalue weighted by atomic mass is 32.1. The minimum atomic E-state index is -0.556. The fraction of sp³-hybridized carbons (Fsp3) is 0.789. The number of carbonyl (C=O) groups excluding carboxylic acids is 2. The van der Waals surface area contributed by atoms with Crippen LogP contribution >= 0.6 is 11.3 Å². The Hall–Kier alpha value is -1.50. The molecule has 26 heavy (non-hydrogen) atoms. The minimum absolute atomic E-state index is 0.00875. The van der Waals surface area contributed by atoms with Gasteiger partial charge in [0.15, 0.2) is 0 Å². The fourth-order valence-corrected chi connectivity index (χ4v) is 6.76. The first kappa shape index (κ1) is 17.9. The van der Waals surface area contributed by atoms with Crippen LogP contribution in [-0.2, 0) is 15.0 Å². The fourth-order valence-electron chi connectivity index (χ4n) is 5.80. The molecule has 0 saturated heterocycles. The summed E-state index contributed by atoms with van der Waals surface area (Å²) in [5.74, 6) is 2.15. The van der Waals surface area contributed by atoms with Crippen LogP contribution in [0.4, 0.5) is 5.13 Å². The lowest BCUT2D eigenvalue weighted by Crippen LogP contribution is -2.48. The van der Waals surface area contributed by atoms with Crippen LogP contribution in [0.1, 0.15) is 64.3 Å². The number of rotatable bonds is 5. The van der Waals surface area contributed by atoms with Crippen molar-refractivity contribution in [1.82, 2.24) is 15.5 Å². The molecular formula is C19H28N4O2S. The summed E-state index contributed by atoms with van der Waals surface area (Å²) in [4.78, 5) is 23.9. The van der Waals surface area contributed by atoms with Crippen LogP contribution in [0, 0.1) is 23.7 Å². The van der Waals surface area contributed by atoms with Gasteiger partial charge in [-0.05, 0) is 62.2 Å². The Bertz CT molecular complexity index is 679. The van der Waals surface area contributed by atoms with Crippen molar-refractivity contribution in [2.24, 2.45) is 23.7 Å². The van der Waals surface area contributed by atoms with Crippen molar-refractivity contribution < 1.29 is 9.59 Å². The predicted molar refractivity (Wildman–Crippen MR) is 101 cm³/mol. The molecule has 1 heterocycles. The molecule has 1 aromatic rings. The van der Waals surface area contributed by atoms with E-state index in [2.05, 4.69) is 20.8 Å². The van der Waals surface area contributed by atoms with Gasteiger partial charge in [0.1, 0.15) is 11.0 Å². The Kier molecular flexibility index (Phi) is 4.53. The zero-order chi connectivity index (χ0) is 18.5. The molecular weight excluding hydrogens is 348 g/mol. The first-order valence-corrected chi connectivity index (χ1v) is 10.6. The van der Waals surface area contributed by atoms with E-state index in [0.717, 1.165) is 22.8 Å². The van der Waals surface area contributed by atoms with Gasteiger partial charge in [0.05, 0.1) is 0 Å². The maximum Gasteiger partial charge on any atom is 0.249 e. The number of hydrogen-bond acceptors (Lipinski definition) is 5. The van der Waals surface area contributed by atoms with E-state index in [1.54, 1.807) is 0 Å². The highest BCUT2D eigenvalue weighted by Crippen LogP contribution is 2.61. The van der Waals surface area contributed by atoms with Gasteiger partial charge >= 0.3 is 0 Å². The molecule has 4 aliphatic rings. The standard InChI is InChI=1S/C19H28N4O2S/c1-10(2)15(20-11(3)24)16(25)21-18-23-22-17(26-18)19-7-12-4-13(8-19)6-14(5-12)9-19/h10,12-15H,4-9H2,1-3H3,(H,20,24)(H,21,23,25). The molecule has 0 radical (unpaired) electrons. The number of hydrogen-bond donors (Lipinski definition) is 2. The molecule has 5 rings (SSSR count). The third-order valence-corrected chi connectivity index (χ3v) is 7.54. The summed E-state index contributed by atoms with van der Waals surface area (Å²) in [5, 5.41) is 16.0. The summed E-state index contributed by atoms with van der Waals surface area (Å²) in [6.07, 6.45) is 7.91. The van der Waals surface area contributed by atoms with Gasteiger partial charge in [-0.1, -0.05) is 25.2 Å². The second kappa shape index (κ2) is 6.59. The van der Waals surface area contributed by atoms with Crippen molar-refractivity contribution in [2.45, 2.75) is 70.8 Å². The molecule has 7 heteroatoms. The predicted octanol–water partition coefficient (Wildman–Crippen LogP) is 3.11. The summed E-state index contributed by atoms with van der Waals surface area (Å²) in [7, 11) is 0. The summed E-state index contributed by atoms with van der Waals surface area (Å²) in [6, 6.07) is -0.556. The summed E-state index contributed by atoms with van der Waals surface area (Å²) >= 11 is 1.53. The Morgan fingerprint density at radius 1 is 1.08 bits per heavy atom. The van der Waals surface area contributed by atoms with E-state index in [1.165, 1.54) is 56.8 Å². The molecule has 2 N–H and O–H groups in total. The summed E-state index contributed by atoms with van der Waals surface area (Å²) < 4.78 is 0. The molecule has 1 aromatic heterocycles. The van der Waals surface area contributed by atoms with Gasteiger partial charge in [0.25, 0.3) is 0 Å². The maximum absolute atomic E-state index is 12.6. The second-order valence-corrected chi connectivity index (χ2v) is 10.00. The monoisotopic (exact) mass is 376 g/mol. The largest absolute Gasteiger partial charge is 0.344 e. The van der Waals surface area contributed by atoms with Crippen molar-refractivity contribution >= 4 is 28.3 Å². The SMILES string of the molecule is CC(=O)NC(C(=O)Nc1nnc(C23CC4CC(CC(C4)C2)C3)s1)C(C)C. The van der Waals surface area contributed by atoms with Crippen LogP contribution in [0.5, 0.6) is 0 Å². The Balaban J connectivity index is 1.48. The third-order valence-electron chi connectivity index (χ3n) is 6.45. The topological polar surface area (TPSA) is 84.0 Å². The van der Waals surface area contributed by atoms with Crippen molar-refractivity contribution in [1.29, 1.82) is 0 Å². The van der Waals surface area contributed by atoms with Crippen molar-refractivity contribution in [3.05, 3.63) is 5.01 Å². The van der Waals surface area contributed by atoms with E-state index in [-0.39, 0.29) is 23.1 Å².